The van der Waals surface area contributed by atoms with Crippen LogP contribution in [0.25, 0.3) is 6.08 Å². The average Bonchev–Trinajstić information content (AvgIpc) is 2.89. The third-order valence-electron chi connectivity index (χ3n) is 3.81. The number of carboxylic acids is 1. The summed E-state index contributed by atoms with van der Waals surface area (Å²) in [5.41, 5.74) is 1.48. The van der Waals surface area contributed by atoms with Crippen molar-refractivity contribution in [1.82, 2.24) is 0 Å². The van der Waals surface area contributed by atoms with Crippen LogP contribution in [0.2, 0.25) is 0 Å². The molecule has 0 amide bonds. The molecule has 0 spiro atoms. The number of carbonyl (C=O) groups is 1. The first-order valence-corrected chi connectivity index (χ1v) is 6.98. The van der Waals surface area contributed by atoms with Crippen molar-refractivity contribution in [2.24, 2.45) is 5.92 Å². The predicted octanol–water partition coefficient (Wildman–Crippen LogP) is 3.55. The molecule has 0 bridgehead atoms. The second-order valence-electron chi connectivity index (χ2n) is 5.41. The van der Waals surface area contributed by atoms with Gasteiger partial charge in [-0.2, -0.15) is 0 Å². The minimum absolute atomic E-state index is 0.354. The molecule has 1 aromatic rings. The van der Waals surface area contributed by atoms with Crippen LogP contribution in [0.4, 0.5) is 10.1 Å². The summed E-state index contributed by atoms with van der Waals surface area (Å²) in [6, 6.07) is 4.50. The van der Waals surface area contributed by atoms with Crippen LogP contribution in [0.3, 0.4) is 0 Å². The molecule has 0 unspecified atom stereocenters. The molecular formula is C16H20FNO2. The molecule has 0 atom stereocenters. The summed E-state index contributed by atoms with van der Waals surface area (Å²) in [5.74, 6) is -0.701. The number of benzene rings is 1. The van der Waals surface area contributed by atoms with E-state index in [4.69, 9.17) is 5.11 Å². The fourth-order valence-corrected chi connectivity index (χ4v) is 2.85. The Hall–Kier alpha value is -1.84. The molecule has 1 aromatic carbocycles. The third-order valence-corrected chi connectivity index (χ3v) is 3.81. The summed E-state index contributed by atoms with van der Waals surface area (Å²) in [6.45, 7) is 0.930. The molecule has 4 heteroatoms. The molecule has 1 fully saturated rings. The van der Waals surface area contributed by atoms with E-state index in [9.17, 15) is 9.18 Å². The fraction of sp³-hybridized carbons (Fsp3) is 0.438. The number of halogens is 1. The van der Waals surface area contributed by atoms with Crippen LogP contribution in [0.5, 0.6) is 0 Å². The zero-order valence-corrected chi connectivity index (χ0v) is 11.7. The van der Waals surface area contributed by atoms with E-state index in [0.29, 0.717) is 11.5 Å². The lowest BCUT2D eigenvalue weighted by Crippen LogP contribution is -2.24. The van der Waals surface area contributed by atoms with Crippen molar-refractivity contribution in [2.75, 3.05) is 18.5 Å². The Labute approximate surface area is 118 Å². The normalized spacial score (nSPS) is 15.9. The van der Waals surface area contributed by atoms with Crippen LogP contribution in [-0.2, 0) is 4.79 Å². The van der Waals surface area contributed by atoms with E-state index in [1.807, 2.05) is 7.05 Å². The molecule has 1 N–H and O–H groups in total. The number of rotatable bonds is 5. The lowest BCUT2D eigenvalue weighted by atomic mass is 10.1. The third kappa shape index (κ3) is 3.83. The number of hydrogen-bond acceptors (Lipinski definition) is 2. The van der Waals surface area contributed by atoms with Crippen LogP contribution in [0.1, 0.15) is 31.2 Å². The predicted molar refractivity (Wildman–Crippen MR) is 78.3 cm³/mol. The van der Waals surface area contributed by atoms with Crippen molar-refractivity contribution < 1.29 is 14.3 Å². The number of nitrogens with zero attached hydrogens (tertiary/aromatic N) is 1. The molecule has 0 heterocycles. The minimum Gasteiger partial charge on any atom is -0.478 e. The Morgan fingerprint density at radius 3 is 2.80 bits per heavy atom. The van der Waals surface area contributed by atoms with E-state index in [2.05, 4.69) is 4.90 Å². The molecule has 3 nitrogen and oxygen atoms in total. The molecular weight excluding hydrogens is 257 g/mol. The molecule has 0 aromatic heterocycles. The molecule has 1 aliphatic carbocycles. The maximum atomic E-state index is 13.3. The van der Waals surface area contributed by atoms with Crippen LogP contribution >= 0.6 is 0 Å². The Balaban J connectivity index is 2.18. The standard InChI is InChI=1S/C16H20FNO2/c1-18(11-12-4-2-3-5-12)15-8-7-14(17)10-13(15)6-9-16(19)20/h6-10,12H,2-5,11H2,1H3,(H,19,20). The van der Waals surface area contributed by atoms with Gasteiger partial charge < -0.3 is 10.0 Å². The van der Waals surface area contributed by atoms with Gasteiger partial charge in [-0.3, -0.25) is 0 Å². The highest BCUT2D eigenvalue weighted by Gasteiger charge is 2.18. The summed E-state index contributed by atoms with van der Waals surface area (Å²) in [7, 11) is 1.98. The van der Waals surface area contributed by atoms with Crippen molar-refractivity contribution in [3.63, 3.8) is 0 Å². The van der Waals surface area contributed by atoms with E-state index in [0.717, 1.165) is 18.3 Å². The molecule has 20 heavy (non-hydrogen) atoms. The van der Waals surface area contributed by atoms with Crippen LogP contribution in [-0.4, -0.2) is 24.7 Å². The van der Waals surface area contributed by atoms with Gasteiger partial charge in [0.05, 0.1) is 0 Å². The summed E-state index contributed by atoms with van der Waals surface area (Å²) in [4.78, 5) is 12.7. The molecule has 0 radical (unpaired) electrons. The maximum Gasteiger partial charge on any atom is 0.328 e. The average molecular weight is 277 g/mol. The molecule has 2 rings (SSSR count). The lowest BCUT2D eigenvalue weighted by molar-refractivity contribution is -0.131. The first-order chi connectivity index (χ1) is 9.56. The number of carboxylic acid groups (broad SMARTS) is 1. The minimum atomic E-state index is -1.03. The number of aliphatic carboxylic acids is 1. The van der Waals surface area contributed by atoms with Gasteiger partial charge in [0.1, 0.15) is 5.82 Å². The molecule has 1 aliphatic rings. The van der Waals surface area contributed by atoms with E-state index in [1.165, 1.54) is 43.9 Å². The fourth-order valence-electron chi connectivity index (χ4n) is 2.85. The van der Waals surface area contributed by atoms with Gasteiger partial charge in [0.25, 0.3) is 0 Å². The van der Waals surface area contributed by atoms with E-state index < -0.39 is 5.97 Å². The van der Waals surface area contributed by atoms with Gasteiger partial charge in [-0.15, -0.1) is 0 Å². The second-order valence-corrected chi connectivity index (χ2v) is 5.41. The molecule has 1 saturated carbocycles. The summed E-state index contributed by atoms with van der Waals surface area (Å²) >= 11 is 0. The second kappa shape index (κ2) is 6.55. The van der Waals surface area contributed by atoms with Crippen molar-refractivity contribution in [2.45, 2.75) is 25.7 Å². The van der Waals surface area contributed by atoms with Crippen molar-refractivity contribution in [3.05, 3.63) is 35.7 Å². The van der Waals surface area contributed by atoms with Gasteiger partial charge in [0.2, 0.25) is 0 Å². The zero-order valence-electron chi connectivity index (χ0n) is 11.7. The first-order valence-electron chi connectivity index (χ1n) is 6.98. The van der Waals surface area contributed by atoms with Crippen molar-refractivity contribution >= 4 is 17.7 Å². The van der Waals surface area contributed by atoms with Gasteiger partial charge >= 0.3 is 5.97 Å². The number of anilines is 1. The van der Waals surface area contributed by atoms with Gasteiger partial charge in [0, 0.05) is 30.9 Å². The SMILES string of the molecule is CN(CC1CCCC1)c1ccc(F)cc1C=CC(=O)O. The lowest BCUT2D eigenvalue weighted by Gasteiger charge is -2.24. The summed E-state index contributed by atoms with van der Waals surface area (Å²) in [6.07, 6.45) is 7.55. The highest BCUT2D eigenvalue weighted by Crippen LogP contribution is 2.29. The Bertz CT molecular complexity index is 507. The monoisotopic (exact) mass is 277 g/mol. The van der Waals surface area contributed by atoms with Crippen LogP contribution < -0.4 is 4.90 Å². The number of hydrogen-bond donors (Lipinski definition) is 1. The van der Waals surface area contributed by atoms with E-state index >= 15 is 0 Å². The zero-order chi connectivity index (χ0) is 14.5. The Morgan fingerprint density at radius 1 is 1.45 bits per heavy atom. The summed E-state index contributed by atoms with van der Waals surface area (Å²) < 4.78 is 13.3. The first kappa shape index (κ1) is 14.6. The maximum absolute atomic E-state index is 13.3. The smallest absolute Gasteiger partial charge is 0.328 e. The highest BCUT2D eigenvalue weighted by atomic mass is 19.1. The largest absolute Gasteiger partial charge is 0.478 e. The van der Waals surface area contributed by atoms with Crippen LogP contribution in [0.15, 0.2) is 24.3 Å². The molecule has 0 saturated heterocycles. The van der Waals surface area contributed by atoms with E-state index in [1.54, 1.807) is 6.07 Å². The van der Waals surface area contributed by atoms with Crippen molar-refractivity contribution in [1.29, 1.82) is 0 Å². The van der Waals surface area contributed by atoms with Gasteiger partial charge in [-0.1, -0.05) is 12.8 Å². The summed E-state index contributed by atoms with van der Waals surface area (Å²) in [5, 5.41) is 8.71. The quantitative estimate of drug-likeness (QED) is 0.837. The Kier molecular flexibility index (Phi) is 4.77. The molecule has 0 aliphatic heterocycles. The van der Waals surface area contributed by atoms with Crippen LogP contribution in [0, 0.1) is 11.7 Å². The van der Waals surface area contributed by atoms with Gasteiger partial charge in [0.15, 0.2) is 0 Å². The topological polar surface area (TPSA) is 40.5 Å². The highest BCUT2D eigenvalue weighted by molar-refractivity contribution is 5.87. The van der Waals surface area contributed by atoms with Gasteiger partial charge in [-0.25, -0.2) is 9.18 Å². The van der Waals surface area contributed by atoms with Gasteiger partial charge in [-0.05, 0) is 43.0 Å². The van der Waals surface area contributed by atoms with Crippen molar-refractivity contribution in [3.8, 4) is 0 Å². The van der Waals surface area contributed by atoms with E-state index in [-0.39, 0.29) is 5.82 Å². The Morgan fingerprint density at radius 2 is 2.15 bits per heavy atom. The molecule has 108 valence electrons.